The van der Waals surface area contributed by atoms with Gasteiger partial charge in [0.15, 0.2) is 0 Å². The molecule has 3 heterocycles. The summed E-state index contributed by atoms with van der Waals surface area (Å²) in [6.45, 7) is 2.94. The van der Waals surface area contributed by atoms with E-state index in [4.69, 9.17) is 9.57 Å². The Hall–Kier alpha value is -0.870. The molecule has 0 N–H and O–H groups in total. The smallest absolute Gasteiger partial charge is 0.235 e. The van der Waals surface area contributed by atoms with Crippen LogP contribution in [0.1, 0.15) is 12.8 Å². The van der Waals surface area contributed by atoms with Crippen molar-refractivity contribution in [1.82, 2.24) is 4.90 Å². The molecule has 0 aliphatic carbocycles. The van der Waals surface area contributed by atoms with Gasteiger partial charge >= 0.3 is 0 Å². The molecule has 3 aliphatic heterocycles. The number of hydrogen-bond acceptors (Lipinski definition) is 4. The molecule has 2 unspecified atom stereocenters. The van der Waals surface area contributed by atoms with Gasteiger partial charge in [-0.05, 0) is 25.5 Å². The van der Waals surface area contributed by atoms with Gasteiger partial charge in [-0.2, -0.15) is 0 Å². The van der Waals surface area contributed by atoms with Crippen molar-refractivity contribution < 1.29 is 9.57 Å². The topological polar surface area (TPSA) is 34.1 Å². The molecular formula is C11H16N2O2. The Morgan fingerprint density at radius 3 is 3.27 bits per heavy atom. The van der Waals surface area contributed by atoms with E-state index in [9.17, 15) is 0 Å². The minimum absolute atomic E-state index is 0.0967. The molecule has 1 fully saturated rings. The lowest BCUT2D eigenvalue weighted by Crippen LogP contribution is -2.28. The third-order valence-corrected chi connectivity index (χ3v) is 3.39. The van der Waals surface area contributed by atoms with E-state index in [1.54, 1.807) is 0 Å². The summed E-state index contributed by atoms with van der Waals surface area (Å²) in [5.41, 5.74) is 2.51. The van der Waals surface area contributed by atoms with Gasteiger partial charge in [-0.3, -0.25) is 0 Å². The highest BCUT2D eigenvalue weighted by Crippen LogP contribution is 2.33. The van der Waals surface area contributed by atoms with Gasteiger partial charge in [-0.25, -0.2) is 0 Å². The van der Waals surface area contributed by atoms with Crippen molar-refractivity contribution in [2.24, 2.45) is 11.1 Å². The van der Waals surface area contributed by atoms with Crippen LogP contribution in [0.5, 0.6) is 0 Å². The maximum Gasteiger partial charge on any atom is 0.235 e. The Morgan fingerprint density at radius 2 is 2.47 bits per heavy atom. The average Bonchev–Trinajstić information content (AvgIpc) is 2.80. The highest BCUT2D eigenvalue weighted by Gasteiger charge is 2.40. The molecule has 15 heavy (non-hydrogen) atoms. The Bertz CT molecular complexity index is 325. The summed E-state index contributed by atoms with van der Waals surface area (Å²) < 4.78 is 5.44. The number of nitrogens with zero attached hydrogens (tertiary/aromatic N) is 2. The summed E-state index contributed by atoms with van der Waals surface area (Å²) in [6.07, 6.45) is 4.31. The minimum atomic E-state index is -0.0967. The van der Waals surface area contributed by atoms with E-state index >= 15 is 0 Å². The maximum atomic E-state index is 5.44. The monoisotopic (exact) mass is 208 g/mol. The van der Waals surface area contributed by atoms with Crippen molar-refractivity contribution >= 4 is 5.71 Å². The number of oxime groups is 1. The van der Waals surface area contributed by atoms with Crippen LogP contribution in [-0.4, -0.2) is 43.6 Å². The molecule has 0 aromatic carbocycles. The van der Waals surface area contributed by atoms with Gasteiger partial charge in [0.2, 0.25) is 6.29 Å². The van der Waals surface area contributed by atoms with Gasteiger partial charge in [0.25, 0.3) is 0 Å². The zero-order chi connectivity index (χ0) is 10.3. The van der Waals surface area contributed by atoms with Crippen LogP contribution < -0.4 is 0 Å². The van der Waals surface area contributed by atoms with Gasteiger partial charge in [-0.1, -0.05) is 11.2 Å². The number of hydrogen-bond donors (Lipinski definition) is 0. The molecule has 3 rings (SSSR count). The molecule has 0 spiro atoms. The predicted molar refractivity (Wildman–Crippen MR) is 56.6 cm³/mol. The SMILES string of the molecule is CN1CC=C(C2=NOC3OCCC23)CC1. The van der Waals surface area contributed by atoms with Gasteiger partial charge in [-0.15, -0.1) is 0 Å². The van der Waals surface area contributed by atoms with Crippen LogP contribution in [-0.2, 0) is 9.57 Å². The second-order valence-corrected chi connectivity index (χ2v) is 4.46. The highest BCUT2D eigenvalue weighted by molar-refractivity contribution is 6.02. The van der Waals surface area contributed by atoms with Gasteiger partial charge in [0.1, 0.15) is 0 Å². The van der Waals surface area contributed by atoms with Crippen LogP contribution in [0.2, 0.25) is 0 Å². The second-order valence-electron chi connectivity index (χ2n) is 4.46. The molecular weight excluding hydrogens is 192 g/mol. The van der Waals surface area contributed by atoms with Crippen LogP contribution in [0.25, 0.3) is 0 Å². The lowest BCUT2D eigenvalue weighted by molar-refractivity contribution is -0.106. The summed E-state index contributed by atoms with van der Waals surface area (Å²) in [7, 11) is 2.14. The number of fused-ring (bicyclic) bond motifs is 1. The number of likely N-dealkylation sites (N-methyl/N-ethyl adjacent to an activating group) is 1. The van der Waals surface area contributed by atoms with Crippen molar-refractivity contribution in [3.63, 3.8) is 0 Å². The molecule has 2 atom stereocenters. The summed E-state index contributed by atoms with van der Waals surface area (Å²) in [6, 6.07) is 0. The van der Waals surface area contributed by atoms with Crippen molar-refractivity contribution in [1.29, 1.82) is 0 Å². The molecule has 1 saturated heterocycles. The second kappa shape index (κ2) is 3.61. The van der Waals surface area contributed by atoms with Crippen LogP contribution in [0.3, 0.4) is 0 Å². The van der Waals surface area contributed by atoms with Crippen LogP contribution in [0.15, 0.2) is 16.8 Å². The van der Waals surface area contributed by atoms with E-state index in [1.165, 1.54) is 5.57 Å². The molecule has 0 aromatic heterocycles. The number of ether oxygens (including phenoxy) is 1. The maximum absolute atomic E-state index is 5.44. The fourth-order valence-corrected chi connectivity index (χ4v) is 2.41. The molecule has 0 aromatic rings. The summed E-state index contributed by atoms with van der Waals surface area (Å²) in [5, 5.41) is 4.17. The quantitative estimate of drug-likeness (QED) is 0.644. The molecule has 0 bridgehead atoms. The largest absolute Gasteiger partial charge is 0.363 e. The van der Waals surface area contributed by atoms with Crippen LogP contribution in [0.4, 0.5) is 0 Å². The summed E-state index contributed by atoms with van der Waals surface area (Å²) >= 11 is 0. The fourth-order valence-electron chi connectivity index (χ4n) is 2.41. The molecule has 3 aliphatic rings. The average molecular weight is 208 g/mol. The Balaban J connectivity index is 1.77. The van der Waals surface area contributed by atoms with E-state index in [-0.39, 0.29) is 6.29 Å². The Kier molecular flexibility index (Phi) is 2.25. The van der Waals surface area contributed by atoms with E-state index in [0.29, 0.717) is 5.92 Å². The molecule has 0 saturated carbocycles. The Morgan fingerprint density at radius 1 is 1.53 bits per heavy atom. The van der Waals surface area contributed by atoms with Crippen molar-refractivity contribution in [2.45, 2.75) is 19.1 Å². The standard InChI is InChI=1S/C11H16N2O2/c1-13-5-2-8(3-6-13)10-9-4-7-14-11(9)15-12-10/h2,9,11H,3-7H2,1H3. The van der Waals surface area contributed by atoms with Gasteiger partial charge in [0.05, 0.1) is 18.2 Å². The summed E-state index contributed by atoms with van der Waals surface area (Å²) in [4.78, 5) is 7.59. The van der Waals surface area contributed by atoms with Gasteiger partial charge < -0.3 is 14.5 Å². The lowest BCUT2D eigenvalue weighted by atomic mass is 9.92. The molecule has 4 heteroatoms. The fraction of sp³-hybridized carbons (Fsp3) is 0.727. The van der Waals surface area contributed by atoms with E-state index in [1.807, 2.05) is 0 Å². The van der Waals surface area contributed by atoms with Gasteiger partial charge in [0, 0.05) is 13.1 Å². The highest BCUT2D eigenvalue weighted by atomic mass is 16.8. The van der Waals surface area contributed by atoms with Crippen molar-refractivity contribution in [3.05, 3.63) is 11.6 Å². The molecule has 0 radical (unpaired) electrons. The minimum Gasteiger partial charge on any atom is -0.363 e. The first-order valence-electron chi connectivity index (χ1n) is 5.58. The predicted octanol–water partition coefficient (Wildman–Crippen LogP) is 0.997. The zero-order valence-corrected chi connectivity index (χ0v) is 8.98. The van der Waals surface area contributed by atoms with Crippen LogP contribution in [0, 0.1) is 5.92 Å². The molecule has 82 valence electrons. The zero-order valence-electron chi connectivity index (χ0n) is 8.98. The summed E-state index contributed by atoms with van der Waals surface area (Å²) in [5.74, 6) is 0.389. The van der Waals surface area contributed by atoms with E-state index < -0.39 is 0 Å². The van der Waals surface area contributed by atoms with Crippen LogP contribution >= 0.6 is 0 Å². The normalized spacial score (nSPS) is 35.8. The number of rotatable bonds is 1. The first-order valence-corrected chi connectivity index (χ1v) is 5.58. The first-order chi connectivity index (χ1) is 7.34. The third kappa shape index (κ3) is 1.58. The molecule has 0 amide bonds. The first kappa shape index (κ1) is 9.36. The molecule has 4 nitrogen and oxygen atoms in total. The van der Waals surface area contributed by atoms with E-state index in [2.05, 4.69) is 23.2 Å². The van der Waals surface area contributed by atoms with Crippen molar-refractivity contribution in [3.8, 4) is 0 Å². The third-order valence-electron chi connectivity index (χ3n) is 3.39. The van der Waals surface area contributed by atoms with E-state index in [0.717, 1.165) is 38.2 Å². The lowest BCUT2D eigenvalue weighted by Gasteiger charge is -2.22. The Labute approximate surface area is 89.5 Å². The van der Waals surface area contributed by atoms with Crippen molar-refractivity contribution in [2.75, 3.05) is 26.7 Å².